The number of nitrogens with one attached hydrogen (secondary N) is 1. The van der Waals surface area contributed by atoms with Crippen LogP contribution in [0.1, 0.15) is 27.2 Å². The standard InChI is InChI=1S/C13H29N3/c1-5-14-11-13(2,3)12-16-8-6-7-15(4)9-10-16/h14H,5-12H2,1-4H3. The predicted molar refractivity (Wildman–Crippen MR) is 70.9 cm³/mol. The lowest BCUT2D eigenvalue weighted by molar-refractivity contribution is 0.179. The van der Waals surface area contributed by atoms with Gasteiger partial charge in [-0.2, -0.15) is 0 Å². The molecular formula is C13H29N3. The van der Waals surface area contributed by atoms with Crippen molar-refractivity contribution in [2.24, 2.45) is 5.41 Å². The maximum Gasteiger partial charge on any atom is 0.0109 e. The Bertz CT molecular complexity index is 192. The summed E-state index contributed by atoms with van der Waals surface area (Å²) >= 11 is 0. The molecule has 0 spiro atoms. The summed E-state index contributed by atoms with van der Waals surface area (Å²) in [6, 6.07) is 0. The molecule has 0 aliphatic carbocycles. The number of likely N-dealkylation sites (N-methyl/N-ethyl adjacent to an activating group) is 1. The molecule has 0 saturated carbocycles. The van der Waals surface area contributed by atoms with E-state index in [4.69, 9.17) is 0 Å². The minimum Gasteiger partial charge on any atom is -0.316 e. The smallest absolute Gasteiger partial charge is 0.0109 e. The number of hydrogen-bond donors (Lipinski definition) is 1. The lowest BCUT2D eigenvalue weighted by Crippen LogP contribution is -2.41. The average molecular weight is 227 g/mol. The van der Waals surface area contributed by atoms with E-state index in [1.54, 1.807) is 0 Å². The molecule has 0 aromatic rings. The van der Waals surface area contributed by atoms with Crippen LogP contribution in [0.2, 0.25) is 0 Å². The topological polar surface area (TPSA) is 18.5 Å². The van der Waals surface area contributed by atoms with Crippen molar-refractivity contribution in [3.63, 3.8) is 0 Å². The highest BCUT2D eigenvalue weighted by molar-refractivity contribution is 4.78. The second-order valence-corrected chi connectivity index (χ2v) is 5.88. The van der Waals surface area contributed by atoms with Crippen LogP contribution in [-0.4, -0.2) is 62.7 Å². The van der Waals surface area contributed by atoms with Crippen LogP contribution < -0.4 is 5.32 Å². The first-order valence-electron chi connectivity index (χ1n) is 6.65. The van der Waals surface area contributed by atoms with Gasteiger partial charge in [0.25, 0.3) is 0 Å². The van der Waals surface area contributed by atoms with Crippen LogP contribution in [0, 0.1) is 5.41 Å². The number of rotatable bonds is 5. The van der Waals surface area contributed by atoms with Crippen molar-refractivity contribution in [1.29, 1.82) is 0 Å². The second-order valence-electron chi connectivity index (χ2n) is 5.88. The van der Waals surface area contributed by atoms with E-state index in [9.17, 15) is 0 Å². The van der Waals surface area contributed by atoms with E-state index >= 15 is 0 Å². The van der Waals surface area contributed by atoms with Gasteiger partial charge in [-0.1, -0.05) is 20.8 Å². The zero-order valence-corrected chi connectivity index (χ0v) is 11.6. The number of nitrogens with zero attached hydrogens (tertiary/aromatic N) is 2. The van der Waals surface area contributed by atoms with Crippen LogP contribution in [0.3, 0.4) is 0 Å². The highest BCUT2D eigenvalue weighted by Gasteiger charge is 2.22. The van der Waals surface area contributed by atoms with Gasteiger partial charge in [0.05, 0.1) is 0 Å². The highest BCUT2D eigenvalue weighted by Crippen LogP contribution is 2.16. The van der Waals surface area contributed by atoms with Gasteiger partial charge in [0.15, 0.2) is 0 Å². The SMILES string of the molecule is CCNCC(C)(C)CN1CCCN(C)CC1. The van der Waals surface area contributed by atoms with Gasteiger partial charge in [0, 0.05) is 26.2 Å². The molecule has 0 unspecified atom stereocenters. The second kappa shape index (κ2) is 6.58. The summed E-state index contributed by atoms with van der Waals surface area (Å²) in [4.78, 5) is 5.07. The molecule has 1 saturated heterocycles. The fourth-order valence-electron chi connectivity index (χ4n) is 2.38. The van der Waals surface area contributed by atoms with E-state index in [0.717, 1.165) is 13.1 Å². The van der Waals surface area contributed by atoms with Gasteiger partial charge in [-0.3, -0.25) is 0 Å². The predicted octanol–water partition coefficient (Wildman–Crippen LogP) is 1.26. The van der Waals surface area contributed by atoms with Gasteiger partial charge in [-0.15, -0.1) is 0 Å². The molecule has 3 heteroatoms. The van der Waals surface area contributed by atoms with Gasteiger partial charge >= 0.3 is 0 Å². The van der Waals surface area contributed by atoms with E-state index in [2.05, 4.69) is 42.9 Å². The third kappa shape index (κ3) is 5.28. The third-order valence-electron chi connectivity index (χ3n) is 3.32. The average Bonchev–Trinajstić information content (AvgIpc) is 2.40. The van der Waals surface area contributed by atoms with Gasteiger partial charge in [0.2, 0.25) is 0 Å². The lowest BCUT2D eigenvalue weighted by Gasteiger charge is -2.32. The minimum atomic E-state index is 0.388. The van der Waals surface area contributed by atoms with Crippen LogP contribution in [0.25, 0.3) is 0 Å². The summed E-state index contributed by atoms with van der Waals surface area (Å²) in [5, 5.41) is 3.47. The molecule has 0 bridgehead atoms. The summed E-state index contributed by atoms with van der Waals surface area (Å²) in [5.41, 5.74) is 0.388. The maximum absolute atomic E-state index is 3.47. The summed E-state index contributed by atoms with van der Waals surface area (Å²) in [6.45, 7) is 15.3. The molecule has 96 valence electrons. The van der Waals surface area contributed by atoms with Gasteiger partial charge in [-0.05, 0) is 38.5 Å². The Labute approximate surface area is 101 Å². The van der Waals surface area contributed by atoms with Crippen molar-refractivity contribution in [1.82, 2.24) is 15.1 Å². The molecule has 1 aliphatic rings. The Hall–Kier alpha value is -0.120. The monoisotopic (exact) mass is 227 g/mol. The van der Waals surface area contributed by atoms with Crippen molar-refractivity contribution in [3.8, 4) is 0 Å². The molecule has 0 radical (unpaired) electrons. The van der Waals surface area contributed by atoms with Crippen LogP contribution in [-0.2, 0) is 0 Å². The van der Waals surface area contributed by atoms with Crippen molar-refractivity contribution in [2.45, 2.75) is 27.2 Å². The van der Waals surface area contributed by atoms with Crippen molar-refractivity contribution in [3.05, 3.63) is 0 Å². The largest absolute Gasteiger partial charge is 0.316 e. The zero-order chi connectivity index (χ0) is 12.0. The maximum atomic E-state index is 3.47. The fraction of sp³-hybridized carbons (Fsp3) is 1.00. The van der Waals surface area contributed by atoms with E-state index in [-0.39, 0.29) is 0 Å². The van der Waals surface area contributed by atoms with Crippen molar-refractivity contribution >= 4 is 0 Å². The van der Waals surface area contributed by atoms with Crippen molar-refractivity contribution in [2.75, 3.05) is 52.9 Å². The molecule has 16 heavy (non-hydrogen) atoms. The minimum absolute atomic E-state index is 0.388. The fourth-order valence-corrected chi connectivity index (χ4v) is 2.38. The normalized spacial score (nSPS) is 21.0. The molecule has 0 amide bonds. The Morgan fingerprint density at radius 3 is 2.56 bits per heavy atom. The first-order valence-corrected chi connectivity index (χ1v) is 6.65. The Kier molecular flexibility index (Phi) is 5.73. The van der Waals surface area contributed by atoms with Crippen molar-refractivity contribution < 1.29 is 0 Å². The Morgan fingerprint density at radius 2 is 1.88 bits per heavy atom. The molecule has 1 heterocycles. The lowest BCUT2D eigenvalue weighted by atomic mass is 9.92. The molecule has 3 nitrogen and oxygen atoms in total. The summed E-state index contributed by atoms with van der Waals surface area (Å²) in [5.74, 6) is 0. The molecule has 1 rings (SSSR count). The van der Waals surface area contributed by atoms with Crippen LogP contribution >= 0.6 is 0 Å². The van der Waals surface area contributed by atoms with Gasteiger partial charge in [0.1, 0.15) is 0 Å². The summed E-state index contributed by atoms with van der Waals surface area (Å²) < 4.78 is 0. The van der Waals surface area contributed by atoms with E-state index in [1.165, 1.54) is 39.1 Å². The van der Waals surface area contributed by atoms with Gasteiger partial charge < -0.3 is 15.1 Å². The molecule has 0 aromatic heterocycles. The van der Waals surface area contributed by atoms with Crippen LogP contribution in [0.5, 0.6) is 0 Å². The molecule has 1 N–H and O–H groups in total. The Morgan fingerprint density at radius 1 is 1.12 bits per heavy atom. The van der Waals surface area contributed by atoms with Gasteiger partial charge in [-0.25, -0.2) is 0 Å². The van der Waals surface area contributed by atoms with E-state index in [1.807, 2.05) is 0 Å². The van der Waals surface area contributed by atoms with E-state index < -0.39 is 0 Å². The summed E-state index contributed by atoms with van der Waals surface area (Å²) in [7, 11) is 2.23. The van der Waals surface area contributed by atoms with Crippen LogP contribution in [0.4, 0.5) is 0 Å². The molecule has 1 fully saturated rings. The zero-order valence-electron chi connectivity index (χ0n) is 11.6. The summed E-state index contributed by atoms with van der Waals surface area (Å²) in [6.07, 6.45) is 1.31. The molecule has 1 aliphatic heterocycles. The molecule has 0 atom stereocenters. The molecular weight excluding hydrogens is 198 g/mol. The van der Waals surface area contributed by atoms with Crippen LogP contribution in [0.15, 0.2) is 0 Å². The Balaban J connectivity index is 2.34. The first kappa shape index (κ1) is 13.9. The third-order valence-corrected chi connectivity index (χ3v) is 3.32. The highest BCUT2D eigenvalue weighted by atomic mass is 15.2. The first-order chi connectivity index (χ1) is 7.53. The number of hydrogen-bond acceptors (Lipinski definition) is 3. The van der Waals surface area contributed by atoms with E-state index in [0.29, 0.717) is 5.41 Å². The molecule has 0 aromatic carbocycles. The quantitative estimate of drug-likeness (QED) is 0.763.